The highest BCUT2D eigenvalue weighted by atomic mass is 14.0. The summed E-state index contributed by atoms with van der Waals surface area (Å²) in [4.78, 5) is 0. The van der Waals surface area contributed by atoms with Crippen LogP contribution < -0.4 is 0 Å². The summed E-state index contributed by atoms with van der Waals surface area (Å²) in [5, 5.41) is 0. The molecule has 0 saturated carbocycles. The number of rotatable bonds is 20. The maximum absolute atomic E-state index is 3.92. The summed E-state index contributed by atoms with van der Waals surface area (Å²) in [6, 6.07) is 0. The van der Waals surface area contributed by atoms with E-state index in [2.05, 4.69) is 27.0 Å². The summed E-state index contributed by atoms with van der Waals surface area (Å²) >= 11 is 0. The van der Waals surface area contributed by atoms with Crippen molar-refractivity contribution in [2.24, 2.45) is 0 Å². The van der Waals surface area contributed by atoms with Crippen LogP contribution in [0.5, 0.6) is 0 Å². The lowest BCUT2D eigenvalue weighted by Gasteiger charge is -2.07. The lowest BCUT2D eigenvalue weighted by Crippen LogP contribution is -1.87. The molecule has 0 radical (unpaired) electrons. The van der Waals surface area contributed by atoms with Crippen LogP contribution in [-0.4, -0.2) is 0 Å². The van der Waals surface area contributed by atoms with Crippen molar-refractivity contribution >= 4 is 0 Å². The fourth-order valence-electron chi connectivity index (χ4n) is 3.69. The van der Waals surface area contributed by atoms with Crippen molar-refractivity contribution in [3.05, 3.63) is 36.5 Å². The first kappa shape index (κ1) is 25.2. The highest BCUT2D eigenvalue weighted by molar-refractivity contribution is 5.24. The summed E-state index contributed by atoms with van der Waals surface area (Å²) < 4.78 is 0. The molecule has 0 nitrogen and oxygen atoms in total. The molecule has 0 aromatic carbocycles. The molecule has 0 aromatic heterocycles. The van der Waals surface area contributed by atoms with Crippen LogP contribution >= 0.6 is 0 Å². The second-order valence-electron chi connectivity index (χ2n) is 8.06. The van der Waals surface area contributed by atoms with E-state index in [4.69, 9.17) is 0 Å². The van der Waals surface area contributed by atoms with Crippen LogP contribution in [0.15, 0.2) is 36.5 Å². The molecule has 0 atom stereocenters. The van der Waals surface area contributed by atoms with Gasteiger partial charge in [-0.3, -0.25) is 0 Å². The van der Waals surface area contributed by atoms with Gasteiger partial charge in [-0.1, -0.05) is 128 Å². The Kier molecular flexibility index (Phi) is 19.9. The van der Waals surface area contributed by atoms with E-state index in [1.807, 2.05) is 12.2 Å². The normalized spacial score (nSPS) is 12.1. The van der Waals surface area contributed by atoms with E-state index in [0.717, 1.165) is 6.42 Å². The molecule has 0 saturated heterocycles. The smallest absolute Gasteiger partial charge is 0.0101 e. The van der Waals surface area contributed by atoms with E-state index in [0.29, 0.717) is 0 Å². The fraction of sp³-hybridized carbons (Fsp3) is 0.769. The predicted octanol–water partition coefficient (Wildman–Crippen LogP) is 9.72. The molecule has 0 aliphatic carbocycles. The Bertz CT molecular complexity index is 347. The molecule has 0 spiro atoms. The van der Waals surface area contributed by atoms with Gasteiger partial charge in [0.25, 0.3) is 0 Å². The largest absolute Gasteiger partial charge is 0.103 e. The third-order valence-electron chi connectivity index (χ3n) is 5.56. The van der Waals surface area contributed by atoms with Gasteiger partial charge in [0, 0.05) is 0 Å². The molecule has 0 aliphatic heterocycles. The first-order valence-electron chi connectivity index (χ1n) is 11.7. The standard InChI is InChI=1S/C26H48/c1-5-8-9-10-11-12-13-14-15-16-17-18-19-20-21-22-24-25(4)26(7-3)23-6-2/h6-7H,2-3,5,8-24H2,1,4H3. The van der Waals surface area contributed by atoms with E-state index in [1.165, 1.54) is 120 Å². The van der Waals surface area contributed by atoms with Gasteiger partial charge in [-0.05, 0) is 31.8 Å². The maximum Gasteiger partial charge on any atom is -0.0101 e. The number of allylic oxidation sites excluding steroid dienone is 4. The molecule has 0 rings (SSSR count). The van der Waals surface area contributed by atoms with Crippen LogP contribution in [0.2, 0.25) is 0 Å². The van der Waals surface area contributed by atoms with E-state index in [-0.39, 0.29) is 0 Å². The Labute approximate surface area is 166 Å². The van der Waals surface area contributed by atoms with Gasteiger partial charge in [0.2, 0.25) is 0 Å². The lowest BCUT2D eigenvalue weighted by molar-refractivity contribution is 0.529. The van der Waals surface area contributed by atoms with Gasteiger partial charge in [-0.25, -0.2) is 0 Å². The van der Waals surface area contributed by atoms with Gasteiger partial charge in [0.1, 0.15) is 0 Å². The average molecular weight is 361 g/mol. The van der Waals surface area contributed by atoms with Crippen molar-refractivity contribution < 1.29 is 0 Å². The third kappa shape index (κ3) is 16.7. The second kappa shape index (κ2) is 20.5. The van der Waals surface area contributed by atoms with Gasteiger partial charge in [-0.2, -0.15) is 0 Å². The zero-order chi connectivity index (χ0) is 19.3. The molecule has 0 heteroatoms. The van der Waals surface area contributed by atoms with E-state index < -0.39 is 0 Å². The molecule has 152 valence electrons. The lowest BCUT2D eigenvalue weighted by atomic mass is 9.99. The van der Waals surface area contributed by atoms with E-state index in [1.54, 1.807) is 0 Å². The summed E-state index contributed by atoms with van der Waals surface area (Å²) in [5.74, 6) is 0. The van der Waals surface area contributed by atoms with Crippen molar-refractivity contribution in [1.29, 1.82) is 0 Å². The zero-order valence-electron chi connectivity index (χ0n) is 18.3. The number of unbranched alkanes of at least 4 members (excludes halogenated alkanes) is 15. The molecule has 26 heavy (non-hydrogen) atoms. The van der Waals surface area contributed by atoms with Crippen LogP contribution in [0.1, 0.15) is 129 Å². The molecule has 0 amide bonds. The van der Waals surface area contributed by atoms with Crippen LogP contribution in [0.3, 0.4) is 0 Å². The zero-order valence-corrected chi connectivity index (χ0v) is 18.3. The minimum atomic E-state index is 0.966. The van der Waals surface area contributed by atoms with Gasteiger partial charge in [0.15, 0.2) is 0 Å². The first-order valence-corrected chi connectivity index (χ1v) is 11.7. The van der Waals surface area contributed by atoms with Crippen LogP contribution in [0.25, 0.3) is 0 Å². The average Bonchev–Trinajstić information content (AvgIpc) is 2.65. The topological polar surface area (TPSA) is 0 Å². The monoisotopic (exact) mass is 360 g/mol. The van der Waals surface area contributed by atoms with Crippen molar-refractivity contribution in [3.8, 4) is 0 Å². The summed E-state index contributed by atoms with van der Waals surface area (Å²) in [5.41, 5.74) is 2.88. The van der Waals surface area contributed by atoms with Crippen LogP contribution in [0.4, 0.5) is 0 Å². The Balaban J connectivity index is 3.29. The SMILES string of the molecule is C=CCC(C=C)=C(C)CCCCCCCCCCCCCCCCCC. The van der Waals surface area contributed by atoms with Gasteiger partial charge >= 0.3 is 0 Å². The summed E-state index contributed by atoms with van der Waals surface area (Å²) in [6.07, 6.45) is 29.2. The third-order valence-corrected chi connectivity index (χ3v) is 5.56. The van der Waals surface area contributed by atoms with E-state index >= 15 is 0 Å². The molecular weight excluding hydrogens is 312 g/mol. The molecule has 0 heterocycles. The van der Waals surface area contributed by atoms with Crippen molar-refractivity contribution in [3.63, 3.8) is 0 Å². The maximum atomic E-state index is 3.92. The second-order valence-corrected chi connectivity index (χ2v) is 8.06. The quantitative estimate of drug-likeness (QED) is 0.115. The Morgan fingerprint density at radius 1 is 0.615 bits per heavy atom. The predicted molar refractivity (Wildman–Crippen MR) is 122 cm³/mol. The molecule has 0 bridgehead atoms. The van der Waals surface area contributed by atoms with Crippen molar-refractivity contribution in [2.75, 3.05) is 0 Å². The van der Waals surface area contributed by atoms with Gasteiger partial charge in [-0.15, -0.1) is 6.58 Å². The number of hydrogen-bond acceptors (Lipinski definition) is 0. The van der Waals surface area contributed by atoms with Gasteiger partial charge < -0.3 is 0 Å². The number of hydrogen-bond donors (Lipinski definition) is 0. The van der Waals surface area contributed by atoms with E-state index in [9.17, 15) is 0 Å². The molecule has 0 aliphatic rings. The molecular formula is C26H48. The van der Waals surface area contributed by atoms with Crippen molar-refractivity contribution in [1.82, 2.24) is 0 Å². The van der Waals surface area contributed by atoms with Crippen LogP contribution in [-0.2, 0) is 0 Å². The molecule has 0 unspecified atom stereocenters. The Hall–Kier alpha value is -0.780. The van der Waals surface area contributed by atoms with Crippen molar-refractivity contribution in [2.45, 2.75) is 129 Å². The Morgan fingerprint density at radius 2 is 1.00 bits per heavy atom. The minimum Gasteiger partial charge on any atom is -0.103 e. The highest BCUT2D eigenvalue weighted by Gasteiger charge is 1.98. The summed E-state index contributed by atoms with van der Waals surface area (Å²) in [6.45, 7) is 12.3. The van der Waals surface area contributed by atoms with Crippen LogP contribution in [0, 0.1) is 0 Å². The van der Waals surface area contributed by atoms with Gasteiger partial charge in [0.05, 0.1) is 0 Å². The fourth-order valence-corrected chi connectivity index (χ4v) is 3.69. The summed E-state index contributed by atoms with van der Waals surface area (Å²) in [7, 11) is 0. The Morgan fingerprint density at radius 3 is 1.35 bits per heavy atom. The minimum absolute atomic E-state index is 0.966. The molecule has 0 aromatic rings. The highest BCUT2D eigenvalue weighted by Crippen LogP contribution is 2.18. The first-order chi connectivity index (χ1) is 12.8. The molecule has 0 fully saturated rings. The molecule has 0 N–H and O–H groups in total.